The molecule has 0 unspecified atom stereocenters. The van der Waals surface area contributed by atoms with Crippen LogP contribution in [0, 0.1) is 11.3 Å². The minimum Gasteiger partial charge on any atom is -0.495 e. The molecule has 0 saturated carbocycles. The first-order valence-corrected chi connectivity index (χ1v) is 7.18. The van der Waals surface area contributed by atoms with Gasteiger partial charge < -0.3 is 14.8 Å². The monoisotopic (exact) mass is 346 g/mol. The molecule has 2 aromatic carbocycles. The quantitative estimate of drug-likeness (QED) is 0.859. The lowest BCUT2D eigenvalue weighted by Crippen LogP contribution is -2.01. The van der Waals surface area contributed by atoms with Crippen LogP contribution in [0.3, 0.4) is 0 Å². The van der Waals surface area contributed by atoms with Gasteiger partial charge >= 0.3 is 0 Å². The lowest BCUT2D eigenvalue weighted by atomic mass is 10.2. The molecule has 5 heteroatoms. The molecule has 0 aliphatic heterocycles. The highest BCUT2D eigenvalue weighted by Crippen LogP contribution is 2.28. The molecule has 0 saturated heterocycles. The largest absolute Gasteiger partial charge is 0.495 e. The van der Waals surface area contributed by atoms with Crippen molar-refractivity contribution >= 4 is 21.6 Å². The van der Waals surface area contributed by atoms with Gasteiger partial charge in [-0.2, -0.15) is 5.26 Å². The van der Waals surface area contributed by atoms with Crippen LogP contribution in [0.15, 0.2) is 46.9 Å². The van der Waals surface area contributed by atoms with Crippen molar-refractivity contribution in [2.75, 3.05) is 19.0 Å². The summed E-state index contributed by atoms with van der Waals surface area (Å²) in [5.74, 6) is 1.48. The minimum atomic E-state index is 0.0563. The zero-order valence-corrected chi connectivity index (χ0v) is 13.2. The number of methoxy groups -OCH3 is 1. The van der Waals surface area contributed by atoms with Crippen LogP contribution in [0.4, 0.5) is 5.69 Å². The summed E-state index contributed by atoms with van der Waals surface area (Å²) in [6, 6.07) is 15.5. The molecule has 0 spiro atoms. The molecule has 4 nitrogen and oxygen atoms in total. The lowest BCUT2D eigenvalue weighted by Gasteiger charge is -2.10. The van der Waals surface area contributed by atoms with Gasteiger partial charge in [0.1, 0.15) is 17.6 Å². The number of halogens is 1. The van der Waals surface area contributed by atoms with Crippen molar-refractivity contribution in [2.45, 2.75) is 6.54 Å². The summed E-state index contributed by atoms with van der Waals surface area (Å²) in [4.78, 5) is 0. The zero-order chi connectivity index (χ0) is 15.1. The predicted octanol–water partition coefficient (Wildman–Crippen LogP) is 3.97. The summed E-state index contributed by atoms with van der Waals surface area (Å²) in [5, 5.41) is 11.8. The van der Waals surface area contributed by atoms with E-state index < -0.39 is 0 Å². The average molecular weight is 347 g/mol. The van der Waals surface area contributed by atoms with E-state index in [-0.39, 0.29) is 6.61 Å². The van der Waals surface area contributed by atoms with E-state index >= 15 is 0 Å². The second-order valence-corrected chi connectivity index (χ2v) is 5.15. The number of ether oxygens (including phenoxy) is 2. The molecule has 0 aliphatic carbocycles. The first-order chi connectivity index (χ1) is 10.2. The van der Waals surface area contributed by atoms with E-state index in [1.54, 1.807) is 7.11 Å². The number of anilines is 1. The van der Waals surface area contributed by atoms with Gasteiger partial charge in [-0.3, -0.25) is 0 Å². The molecule has 0 aromatic heterocycles. The van der Waals surface area contributed by atoms with Gasteiger partial charge in [0.05, 0.1) is 11.6 Å². The van der Waals surface area contributed by atoms with E-state index in [0.717, 1.165) is 21.5 Å². The van der Waals surface area contributed by atoms with E-state index in [9.17, 15) is 0 Å². The van der Waals surface area contributed by atoms with Gasteiger partial charge in [-0.1, -0.05) is 12.1 Å². The van der Waals surface area contributed by atoms with Crippen molar-refractivity contribution in [2.24, 2.45) is 0 Å². The molecule has 0 radical (unpaired) electrons. The molecule has 0 atom stereocenters. The van der Waals surface area contributed by atoms with Gasteiger partial charge in [-0.05, 0) is 45.8 Å². The Balaban J connectivity index is 2.01. The molecule has 108 valence electrons. The van der Waals surface area contributed by atoms with E-state index in [4.69, 9.17) is 14.7 Å². The van der Waals surface area contributed by atoms with Crippen molar-refractivity contribution in [3.63, 3.8) is 0 Å². The van der Waals surface area contributed by atoms with Gasteiger partial charge in [-0.15, -0.1) is 0 Å². The van der Waals surface area contributed by atoms with Gasteiger partial charge in [0.15, 0.2) is 6.61 Å². The fraction of sp³-hybridized carbons (Fsp3) is 0.188. The lowest BCUT2D eigenvalue weighted by molar-refractivity contribution is 0.368. The molecule has 0 heterocycles. The van der Waals surface area contributed by atoms with E-state index in [1.165, 1.54) is 0 Å². The smallest absolute Gasteiger partial charge is 0.174 e. The molecule has 0 fully saturated rings. The van der Waals surface area contributed by atoms with Crippen molar-refractivity contribution in [1.29, 1.82) is 5.26 Å². The number of hydrogen-bond donors (Lipinski definition) is 1. The maximum absolute atomic E-state index is 8.52. The Morgan fingerprint density at radius 2 is 2.10 bits per heavy atom. The molecule has 2 rings (SSSR count). The van der Waals surface area contributed by atoms with Crippen LogP contribution in [0.1, 0.15) is 5.56 Å². The summed E-state index contributed by atoms with van der Waals surface area (Å²) in [6.07, 6.45) is 0. The second kappa shape index (κ2) is 7.55. The van der Waals surface area contributed by atoms with E-state index in [2.05, 4.69) is 21.2 Å². The van der Waals surface area contributed by atoms with Crippen molar-refractivity contribution in [1.82, 2.24) is 0 Å². The maximum Gasteiger partial charge on any atom is 0.174 e. The molecular weight excluding hydrogens is 332 g/mol. The van der Waals surface area contributed by atoms with Crippen LogP contribution in [0.5, 0.6) is 11.5 Å². The van der Waals surface area contributed by atoms with E-state index in [1.807, 2.05) is 48.5 Å². The number of hydrogen-bond acceptors (Lipinski definition) is 4. The summed E-state index contributed by atoms with van der Waals surface area (Å²) < 4.78 is 11.5. The van der Waals surface area contributed by atoms with Crippen molar-refractivity contribution in [3.05, 3.63) is 52.5 Å². The average Bonchev–Trinajstić information content (AvgIpc) is 2.52. The SMILES string of the molecule is COc1cc(NCc2cccc(OCC#N)c2)ccc1Br. The highest BCUT2D eigenvalue weighted by molar-refractivity contribution is 9.10. The zero-order valence-electron chi connectivity index (χ0n) is 11.6. The maximum atomic E-state index is 8.52. The van der Waals surface area contributed by atoms with Crippen LogP contribution in [-0.4, -0.2) is 13.7 Å². The fourth-order valence-electron chi connectivity index (χ4n) is 1.83. The molecule has 2 aromatic rings. The highest BCUT2D eigenvalue weighted by Gasteiger charge is 2.02. The third-order valence-corrected chi connectivity index (χ3v) is 3.50. The Morgan fingerprint density at radius 3 is 2.86 bits per heavy atom. The van der Waals surface area contributed by atoms with Crippen LogP contribution >= 0.6 is 15.9 Å². The predicted molar refractivity (Wildman–Crippen MR) is 85.6 cm³/mol. The third kappa shape index (κ3) is 4.40. The molecule has 0 aliphatic rings. The van der Waals surface area contributed by atoms with Crippen LogP contribution in [0.25, 0.3) is 0 Å². The Morgan fingerprint density at radius 1 is 1.24 bits per heavy atom. The standard InChI is InChI=1S/C16H15BrN2O2/c1-20-16-10-13(5-6-15(16)17)19-11-12-3-2-4-14(9-12)21-8-7-18/h2-6,9-10,19H,8,11H2,1H3. The van der Waals surface area contributed by atoms with Crippen molar-refractivity contribution < 1.29 is 9.47 Å². The third-order valence-electron chi connectivity index (χ3n) is 2.85. The van der Waals surface area contributed by atoms with Gasteiger partial charge in [0.25, 0.3) is 0 Å². The van der Waals surface area contributed by atoms with E-state index in [0.29, 0.717) is 12.3 Å². The molecule has 0 bridgehead atoms. The number of nitrogens with one attached hydrogen (secondary N) is 1. The summed E-state index contributed by atoms with van der Waals surface area (Å²) in [6.45, 7) is 0.718. The Hall–Kier alpha value is -2.19. The topological polar surface area (TPSA) is 54.3 Å². The highest BCUT2D eigenvalue weighted by atomic mass is 79.9. The Bertz CT molecular complexity index is 653. The molecule has 1 N–H and O–H groups in total. The number of rotatable bonds is 6. The van der Waals surface area contributed by atoms with Crippen molar-refractivity contribution in [3.8, 4) is 17.6 Å². The first kappa shape index (κ1) is 15.2. The first-order valence-electron chi connectivity index (χ1n) is 6.39. The summed E-state index contributed by atoms with van der Waals surface area (Å²) in [5.41, 5.74) is 2.05. The summed E-state index contributed by atoms with van der Waals surface area (Å²) >= 11 is 3.42. The van der Waals surface area contributed by atoms with Crippen LogP contribution < -0.4 is 14.8 Å². The summed E-state index contributed by atoms with van der Waals surface area (Å²) in [7, 11) is 1.64. The molecule has 21 heavy (non-hydrogen) atoms. The fourth-order valence-corrected chi connectivity index (χ4v) is 2.24. The molecular formula is C16H15BrN2O2. The number of benzene rings is 2. The Kier molecular flexibility index (Phi) is 5.47. The van der Waals surface area contributed by atoms with Gasteiger partial charge in [-0.25, -0.2) is 0 Å². The molecule has 0 amide bonds. The normalized spacial score (nSPS) is 9.76. The minimum absolute atomic E-state index is 0.0563. The van der Waals surface area contributed by atoms with Gasteiger partial charge in [0.2, 0.25) is 0 Å². The second-order valence-electron chi connectivity index (χ2n) is 4.30. The number of nitrogens with zero attached hydrogens (tertiary/aromatic N) is 1. The van der Waals surface area contributed by atoms with Crippen LogP contribution in [-0.2, 0) is 6.54 Å². The Labute approximate surface area is 132 Å². The number of nitriles is 1. The van der Waals surface area contributed by atoms with Gasteiger partial charge in [0, 0.05) is 18.3 Å². The van der Waals surface area contributed by atoms with Crippen LogP contribution in [0.2, 0.25) is 0 Å².